The van der Waals surface area contributed by atoms with E-state index in [1.54, 1.807) is 12.1 Å². The molecule has 1 aliphatic heterocycles. The number of sulfone groups is 1. The van der Waals surface area contributed by atoms with Crippen LogP contribution in [0.15, 0.2) is 28.5 Å². The van der Waals surface area contributed by atoms with Gasteiger partial charge in [-0.25, -0.2) is 8.42 Å². The maximum absolute atomic E-state index is 11.6. The molecule has 0 amide bonds. The molecule has 2 nitrogen and oxygen atoms in total. The number of unbranched alkanes of at least 4 members (excludes halogenated alkanes) is 1. The van der Waals surface area contributed by atoms with Crippen LogP contribution in [0.3, 0.4) is 0 Å². The normalized spacial score (nSPS) is 16.6. The molecule has 0 aliphatic carbocycles. The summed E-state index contributed by atoms with van der Waals surface area (Å²) in [6.45, 7) is 2.13. The number of hydrogen-bond acceptors (Lipinski definition) is 2. The molecular weight excluding hydrogens is 208 g/mol. The van der Waals surface area contributed by atoms with Crippen molar-refractivity contribution in [1.82, 2.24) is 0 Å². The van der Waals surface area contributed by atoms with Crippen molar-refractivity contribution < 1.29 is 8.42 Å². The summed E-state index contributed by atoms with van der Waals surface area (Å²) < 4.78 is 23.2. The summed E-state index contributed by atoms with van der Waals surface area (Å²) in [5.74, 6) is 0. The third-order valence-electron chi connectivity index (χ3n) is 2.63. The van der Waals surface area contributed by atoms with Gasteiger partial charge in [-0.3, -0.25) is 0 Å². The molecule has 0 fully saturated rings. The lowest BCUT2D eigenvalue weighted by molar-refractivity contribution is 0.605. The van der Waals surface area contributed by atoms with Crippen LogP contribution < -0.4 is 0 Å². The van der Waals surface area contributed by atoms with Crippen molar-refractivity contribution in [3.63, 3.8) is 0 Å². The highest BCUT2D eigenvalue weighted by molar-refractivity contribution is 7.94. The predicted octanol–water partition coefficient (Wildman–Crippen LogP) is 2.79. The standard InChI is InChI=1S/C12H14O2S/c1-2-3-4-10-5-6-11-7-8-15(13,14)12(11)9-10/h5-9H,2-4H2,1H3. The Hall–Kier alpha value is -1.09. The molecule has 0 atom stereocenters. The lowest BCUT2D eigenvalue weighted by Crippen LogP contribution is -1.95. The molecule has 0 unspecified atom stereocenters. The molecule has 15 heavy (non-hydrogen) atoms. The summed E-state index contributed by atoms with van der Waals surface area (Å²) in [4.78, 5) is 0.469. The molecule has 1 aromatic carbocycles. The molecule has 0 saturated heterocycles. The number of fused-ring (bicyclic) bond motifs is 1. The molecule has 80 valence electrons. The average Bonchev–Trinajstić information content (AvgIpc) is 2.52. The van der Waals surface area contributed by atoms with Crippen LogP contribution in [0, 0.1) is 0 Å². The molecule has 2 rings (SSSR count). The molecule has 1 aliphatic rings. The molecule has 0 spiro atoms. The number of aryl methyl sites for hydroxylation is 1. The van der Waals surface area contributed by atoms with E-state index in [2.05, 4.69) is 6.92 Å². The second-order valence-corrected chi connectivity index (χ2v) is 5.63. The van der Waals surface area contributed by atoms with Crippen molar-refractivity contribution >= 4 is 15.9 Å². The maximum Gasteiger partial charge on any atom is 0.200 e. The Morgan fingerprint density at radius 2 is 2.07 bits per heavy atom. The maximum atomic E-state index is 11.6. The van der Waals surface area contributed by atoms with E-state index in [1.807, 2.05) is 12.1 Å². The smallest absolute Gasteiger partial charge is 0.200 e. The highest BCUT2D eigenvalue weighted by atomic mass is 32.2. The topological polar surface area (TPSA) is 34.1 Å². The summed E-state index contributed by atoms with van der Waals surface area (Å²) in [6.07, 6.45) is 4.85. The van der Waals surface area contributed by atoms with Crippen molar-refractivity contribution in [2.24, 2.45) is 0 Å². The average molecular weight is 222 g/mol. The van der Waals surface area contributed by atoms with Gasteiger partial charge in [-0.2, -0.15) is 0 Å². The van der Waals surface area contributed by atoms with Gasteiger partial charge in [0, 0.05) is 5.41 Å². The fourth-order valence-corrected chi connectivity index (χ4v) is 2.99. The monoisotopic (exact) mass is 222 g/mol. The Kier molecular flexibility index (Phi) is 2.65. The first-order valence-electron chi connectivity index (χ1n) is 5.19. The van der Waals surface area contributed by atoms with Gasteiger partial charge < -0.3 is 0 Å². The van der Waals surface area contributed by atoms with Crippen LogP contribution in [0.1, 0.15) is 30.9 Å². The Morgan fingerprint density at radius 3 is 2.80 bits per heavy atom. The van der Waals surface area contributed by atoms with E-state index < -0.39 is 9.84 Å². The Labute approximate surface area is 90.6 Å². The second-order valence-electron chi connectivity index (χ2n) is 3.82. The summed E-state index contributed by atoms with van der Waals surface area (Å²) in [7, 11) is -3.13. The van der Waals surface area contributed by atoms with Crippen molar-refractivity contribution in [1.29, 1.82) is 0 Å². The third kappa shape index (κ3) is 1.97. The minimum Gasteiger partial charge on any atom is -0.219 e. The van der Waals surface area contributed by atoms with Gasteiger partial charge in [0.05, 0.1) is 4.90 Å². The van der Waals surface area contributed by atoms with Crippen molar-refractivity contribution in [3.05, 3.63) is 34.7 Å². The first-order chi connectivity index (χ1) is 7.13. The van der Waals surface area contributed by atoms with Crippen LogP contribution in [-0.4, -0.2) is 8.42 Å². The quantitative estimate of drug-likeness (QED) is 0.788. The molecule has 0 radical (unpaired) electrons. The fraction of sp³-hybridized carbons (Fsp3) is 0.333. The van der Waals surface area contributed by atoms with Crippen LogP contribution in [-0.2, 0) is 16.3 Å². The zero-order chi connectivity index (χ0) is 10.9. The van der Waals surface area contributed by atoms with Gasteiger partial charge in [0.2, 0.25) is 0 Å². The van der Waals surface area contributed by atoms with Gasteiger partial charge in [0.25, 0.3) is 0 Å². The first kappa shape index (κ1) is 10.4. The number of benzene rings is 1. The highest BCUT2D eigenvalue weighted by Crippen LogP contribution is 2.27. The largest absolute Gasteiger partial charge is 0.219 e. The van der Waals surface area contributed by atoms with Gasteiger partial charge >= 0.3 is 0 Å². The van der Waals surface area contributed by atoms with E-state index in [0.717, 1.165) is 30.4 Å². The summed E-state index contributed by atoms with van der Waals surface area (Å²) >= 11 is 0. The number of hydrogen-bond donors (Lipinski definition) is 0. The Balaban J connectivity index is 2.36. The molecule has 0 aromatic heterocycles. The van der Waals surface area contributed by atoms with Crippen LogP contribution in [0.2, 0.25) is 0 Å². The van der Waals surface area contributed by atoms with Crippen LogP contribution in [0.25, 0.3) is 6.08 Å². The van der Waals surface area contributed by atoms with E-state index in [9.17, 15) is 8.42 Å². The van der Waals surface area contributed by atoms with Gasteiger partial charge in [-0.1, -0.05) is 25.5 Å². The molecule has 1 aromatic rings. The molecule has 1 heterocycles. The van der Waals surface area contributed by atoms with Crippen LogP contribution in [0.5, 0.6) is 0 Å². The van der Waals surface area contributed by atoms with Crippen LogP contribution in [0.4, 0.5) is 0 Å². The van der Waals surface area contributed by atoms with Crippen molar-refractivity contribution in [3.8, 4) is 0 Å². The minimum atomic E-state index is -3.13. The Morgan fingerprint density at radius 1 is 1.27 bits per heavy atom. The molecule has 0 N–H and O–H groups in total. The molecule has 0 saturated carbocycles. The zero-order valence-electron chi connectivity index (χ0n) is 8.73. The van der Waals surface area contributed by atoms with Gasteiger partial charge in [0.15, 0.2) is 9.84 Å². The van der Waals surface area contributed by atoms with Gasteiger partial charge in [-0.15, -0.1) is 0 Å². The molecule has 0 bridgehead atoms. The first-order valence-corrected chi connectivity index (χ1v) is 6.74. The van der Waals surface area contributed by atoms with E-state index in [4.69, 9.17) is 0 Å². The van der Waals surface area contributed by atoms with E-state index in [1.165, 1.54) is 5.41 Å². The van der Waals surface area contributed by atoms with Crippen molar-refractivity contribution in [2.45, 2.75) is 31.1 Å². The Bertz CT molecular complexity index is 498. The van der Waals surface area contributed by atoms with E-state index in [-0.39, 0.29) is 0 Å². The fourth-order valence-electron chi connectivity index (χ4n) is 1.74. The summed E-state index contributed by atoms with van der Waals surface area (Å²) in [5, 5.41) is 1.28. The van der Waals surface area contributed by atoms with Crippen LogP contribution >= 0.6 is 0 Å². The highest BCUT2D eigenvalue weighted by Gasteiger charge is 2.20. The molecule has 3 heteroatoms. The van der Waals surface area contributed by atoms with Gasteiger partial charge in [-0.05, 0) is 36.1 Å². The third-order valence-corrected chi connectivity index (χ3v) is 4.09. The molecular formula is C12H14O2S. The second kappa shape index (κ2) is 3.81. The van der Waals surface area contributed by atoms with Gasteiger partial charge in [0.1, 0.15) is 0 Å². The lowest BCUT2D eigenvalue weighted by atomic mass is 10.1. The number of rotatable bonds is 3. The lowest BCUT2D eigenvalue weighted by Gasteiger charge is -2.03. The SMILES string of the molecule is CCCCc1ccc2c(c1)S(=O)(=O)C=C2. The van der Waals surface area contributed by atoms with E-state index in [0.29, 0.717) is 4.90 Å². The summed E-state index contributed by atoms with van der Waals surface area (Å²) in [6, 6.07) is 5.71. The summed E-state index contributed by atoms with van der Waals surface area (Å²) in [5.41, 5.74) is 1.93. The van der Waals surface area contributed by atoms with Crippen molar-refractivity contribution in [2.75, 3.05) is 0 Å². The zero-order valence-corrected chi connectivity index (χ0v) is 9.55. The van der Waals surface area contributed by atoms with E-state index >= 15 is 0 Å². The predicted molar refractivity (Wildman–Crippen MR) is 61.3 cm³/mol. The minimum absolute atomic E-state index is 0.469.